The van der Waals surface area contributed by atoms with Crippen molar-refractivity contribution in [3.05, 3.63) is 78.6 Å². The van der Waals surface area contributed by atoms with E-state index in [2.05, 4.69) is 25.6 Å². The van der Waals surface area contributed by atoms with Crippen molar-refractivity contribution in [3.63, 3.8) is 0 Å². The smallest absolute Gasteiger partial charge is 0.248 e. The fourth-order valence-corrected chi connectivity index (χ4v) is 3.57. The van der Waals surface area contributed by atoms with Gasteiger partial charge in [0.1, 0.15) is 12.2 Å². The van der Waals surface area contributed by atoms with Crippen LogP contribution in [0.4, 0.5) is 11.5 Å². The highest BCUT2D eigenvalue weighted by atomic mass is 16.5. The molecule has 4 aromatic rings. The number of amides is 1. The number of benzene rings is 2. The number of imidazole rings is 1. The van der Waals surface area contributed by atoms with E-state index in [-0.39, 0.29) is 11.9 Å². The summed E-state index contributed by atoms with van der Waals surface area (Å²) in [5.41, 5.74) is 3.93. The SMILES string of the molecule is COC[C@@H](Nc1ncnc2[nH]c(-c3ccc(NC(=O)/C=C/CN(C)C)cc3)nc12)c1ccccc1. The minimum absolute atomic E-state index is 0.0888. The van der Waals surface area contributed by atoms with Crippen LogP contribution in [0.5, 0.6) is 0 Å². The maximum atomic E-state index is 12.1. The Hall–Kier alpha value is -4.08. The summed E-state index contributed by atoms with van der Waals surface area (Å²) in [6.07, 6.45) is 4.86. The molecule has 9 nitrogen and oxygen atoms in total. The topological polar surface area (TPSA) is 108 Å². The molecular weight excluding hydrogens is 442 g/mol. The first-order valence-corrected chi connectivity index (χ1v) is 11.3. The number of carbonyl (C=O) groups is 1. The Balaban J connectivity index is 1.52. The number of rotatable bonds is 10. The fraction of sp³-hybridized carbons (Fsp3) is 0.231. The molecule has 0 fully saturated rings. The summed E-state index contributed by atoms with van der Waals surface area (Å²) in [6, 6.07) is 17.5. The van der Waals surface area contributed by atoms with Crippen LogP contribution in [0, 0.1) is 0 Å². The normalized spacial score (nSPS) is 12.3. The van der Waals surface area contributed by atoms with E-state index in [1.54, 1.807) is 7.11 Å². The van der Waals surface area contributed by atoms with Gasteiger partial charge in [0.2, 0.25) is 5.91 Å². The summed E-state index contributed by atoms with van der Waals surface area (Å²) >= 11 is 0. The van der Waals surface area contributed by atoms with Gasteiger partial charge >= 0.3 is 0 Å². The first-order valence-electron chi connectivity index (χ1n) is 11.3. The van der Waals surface area contributed by atoms with E-state index in [1.807, 2.05) is 79.7 Å². The Morgan fingerprint density at radius 3 is 2.60 bits per heavy atom. The van der Waals surface area contributed by atoms with Gasteiger partial charge in [-0.3, -0.25) is 4.79 Å². The summed E-state index contributed by atoms with van der Waals surface area (Å²) in [5, 5.41) is 6.30. The predicted molar refractivity (Wildman–Crippen MR) is 138 cm³/mol. The summed E-state index contributed by atoms with van der Waals surface area (Å²) in [6.45, 7) is 1.18. The average Bonchev–Trinajstić information content (AvgIpc) is 3.30. The quantitative estimate of drug-likeness (QED) is 0.301. The number of nitrogens with one attached hydrogen (secondary N) is 3. The number of carbonyl (C=O) groups excluding carboxylic acids is 1. The van der Waals surface area contributed by atoms with Gasteiger partial charge in [-0.05, 0) is 43.9 Å². The molecule has 4 rings (SSSR count). The monoisotopic (exact) mass is 471 g/mol. The van der Waals surface area contributed by atoms with Crippen molar-refractivity contribution >= 4 is 28.6 Å². The molecule has 0 saturated carbocycles. The zero-order chi connectivity index (χ0) is 24.6. The van der Waals surface area contributed by atoms with Gasteiger partial charge in [0.25, 0.3) is 0 Å². The number of H-pyrrole nitrogens is 1. The molecule has 0 aliphatic rings. The van der Waals surface area contributed by atoms with Crippen LogP contribution in [0.1, 0.15) is 11.6 Å². The molecule has 2 aromatic heterocycles. The molecule has 1 atom stereocenters. The Bertz CT molecular complexity index is 1280. The third-order valence-corrected chi connectivity index (χ3v) is 5.29. The van der Waals surface area contributed by atoms with E-state index >= 15 is 0 Å². The number of hydrogen-bond acceptors (Lipinski definition) is 7. The number of methoxy groups -OCH3 is 1. The maximum absolute atomic E-state index is 12.1. The van der Waals surface area contributed by atoms with E-state index in [4.69, 9.17) is 9.72 Å². The van der Waals surface area contributed by atoms with Crippen molar-refractivity contribution in [2.24, 2.45) is 0 Å². The molecule has 0 saturated heterocycles. The van der Waals surface area contributed by atoms with Gasteiger partial charge in [0, 0.05) is 31.0 Å². The zero-order valence-electron chi connectivity index (χ0n) is 20.0. The molecule has 0 radical (unpaired) electrons. The highest BCUT2D eigenvalue weighted by molar-refractivity contribution is 5.99. The van der Waals surface area contributed by atoms with Gasteiger partial charge in [0.05, 0.1) is 12.6 Å². The molecule has 9 heteroatoms. The summed E-state index contributed by atoms with van der Waals surface area (Å²) < 4.78 is 5.42. The van der Waals surface area contributed by atoms with Crippen molar-refractivity contribution < 1.29 is 9.53 Å². The van der Waals surface area contributed by atoms with Crippen LogP contribution in [-0.2, 0) is 9.53 Å². The van der Waals surface area contributed by atoms with Gasteiger partial charge < -0.3 is 25.3 Å². The summed E-state index contributed by atoms with van der Waals surface area (Å²) in [4.78, 5) is 30.8. The first-order chi connectivity index (χ1) is 17.0. The number of ether oxygens (including phenoxy) is 1. The Labute approximate surface area is 204 Å². The lowest BCUT2D eigenvalue weighted by atomic mass is 10.1. The molecule has 0 aliphatic heterocycles. The second-order valence-corrected chi connectivity index (χ2v) is 8.30. The van der Waals surface area contributed by atoms with Crippen molar-refractivity contribution in [3.8, 4) is 11.4 Å². The maximum Gasteiger partial charge on any atom is 0.248 e. The first kappa shape index (κ1) is 24.1. The molecule has 3 N–H and O–H groups in total. The second-order valence-electron chi connectivity index (χ2n) is 8.30. The number of nitrogens with zero attached hydrogens (tertiary/aromatic N) is 4. The molecule has 0 aliphatic carbocycles. The number of likely N-dealkylation sites (N-methyl/N-ethyl adjacent to an activating group) is 1. The number of aromatic amines is 1. The van der Waals surface area contributed by atoms with Crippen LogP contribution >= 0.6 is 0 Å². The average molecular weight is 472 g/mol. The third kappa shape index (κ3) is 6.28. The molecule has 2 aromatic carbocycles. The van der Waals surface area contributed by atoms with Crippen molar-refractivity contribution in [2.45, 2.75) is 6.04 Å². The molecule has 35 heavy (non-hydrogen) atoms. The highest BCUT2D eigenvalue weighted by Gasteiger charge is 2.16. The van der Waals surface area contributed by atoms with Crippen molar-refractivity contribution in [1.29, 1.82) is 0 Å². The molecule has 1 amide bonds. The van der Waals surface area contributed by atoms with E-state index in [9.17, 15) is 4.79 Å². The number of anilines is 2. The van der Waals surface area contributed by atoms with Crippen LogP contribution in [0.15, 0.2) is 73.1 Å². The Morgan fingerprint density at radius 2 is 1.89 bits per heavy atom. The summed E-state index contributed by atoms with van der Waals surface area (Å²) in [5.74, 6) is 1.12. The molecule has 2 heterocycles. The lowest BCUT2D eigenvalue weighted by molar-refractivity contribution is -0.111. The molecule has 0 bridgehead atoms. The van der Waals surface area contributed by atoms with E-state index in [1.165, 1.54) is 12.4 Å². The van der Waals surface area contributed by atoms with Crippen molar-refractivity contribution in [2.75, 3.05) is 45.0 Å². The van der Waals surface area contributed by atoms with Crippen LogP contribution in [-0.4, -0.2) is 65.1 Å². The van der Waals surface area contributed by atoms with Crippen molar-refractivity contribution in [1.82, 2.24) is 24.8 Å². The second kappa shape index (κ2) is 11.4. The Morgan fingerprint density at radius 1 is 1.11 bits per heavy atom. The minimum Gasteiger partial charge on any atom is -0.382 e. The minimum atomic E-state index is -0.168. The molecule has 180 valence electrons. The van der Waals surface area contributed by atoms with Gasteiger partial charge in [0.15, 0.2) is 17.0 Å². The fourth-order valence-electron chi connectivity index (χ4n) is 3.57. The molecule has 0 spiro atoms. The zero-order valence-corrected chi connectivity index (χ0v) is 20.0. The summed E-state index contributed by atoms with van der Waals surface area (Å²) in [7, 11) is 5.57. The van der Waals surface area contributed by atoms with Crippen LogP contribution in [0.2, 0.25) is 0 Å². The highest BCUT2D eigenvalue weighted by Crippen LogP contribution is 2.27. The van der Waals surface area contributed by atoms with E-state index in [0.29, 0.717) is 41.6 Å². The molecule has 0 unspecified atom stereocenters. The van der Waals surface area contributed by atoms with E-state index in [0.717, 1.165) is 11.1 Å². The van der Waals surface area contributed by atoms with Crippen LogP contribution in [0.25, 0.3) is 22.6 Å². The van der Waals surface area contributed by atoms with Crippen LogP contribution in [0.3, 0.4) is 0 Å². The Kier molecular flexibility index (Phi) is 7.81. The van der Waals surface area contributed by atoms with Crippen LogP contribution < -0.4 is 10.6 Å². The number of fused-ring (bicyclic) bond motifs is 1. The number of aromatic nitrogens is 4. The number of hydrogen-bond donors (Lipinski definition) is 3. The standard InChI is InChI=1S/C26H29N7O2/c1-33(2)15-7-10-22(34)29-20-13-11-19(12-14-20)24-31-23-25(27-17-28-26(23)32-24)30-21(16-35-3)18-8-5-4-6-9-18/h4-14,17,21H,15-16H2,1-3H3,(H,29,34)(H2,27,28,30,31,32)/b10-7+/t21-/m1/s1. The lowest BCUT2D eigenvalue weighted by Crippen LogP contribution is -2.17. The predicted octanol–water partition coefficient (Wildman–Crippen LogP) is 3.88. The third-order valence-electron chi connectivity index (χ3n) is 5.29. The van der Waals surface area contributed by atoms with Gasteiger partial charge in [-0.1, -0.05) is 36.4 Å². The largest absolute Gasteiger partial charge is 0.382 e. The van der Waals surface area contributed by atoms with E-state index < -0.39 is 0 Å². The van der Waals surface area contributed by atoms with Gasteiger partial charge in [-0.15, -0.1) is 0 Å². The van der Waals surface area contributed by atoms with Gasteiger partial charge in [-0.25, -0.2) is 15.0 Å². The van der Waals surface area contributed by atoms with Gasteiger partial charge in [-0.2, -0.15) is 0 Å². The lowest BCUT2D eigenvalue weighted by Gasteiger charge is -2.18. The molecular formula is C26H29N7O2.